The standard InChI is InChI=1S/C20H26N4O3S/c1-13(2)11-21-18(25)12-28-20-23-22-19(24(20)15-5-6-15)14-4-7-16-17(10-14)27-9-3-8-26-16/h4,7,10,13,15H,3,5-6,8-9,11-12H2,1-2H3,(H,21,25). The fraction of sp³-hybridized carbons (Fsp3) is 0.550. The van der Waals surface area contributed by atoms with Gasteiger partial charge < -0.3 is 14.8 Å². The van der Waals surface area contributed by atoms with Crippen molar-refractivity contribution in [3.63, 3.8) is 0 Å². The van der Waals surface area contributed by atoms with Crippen molar-refractivity contribution in [2.75, 3.05) is 25.5 Å². The monoisotopic (exact) mass is 402 g/mol. The van der Waals surface area contributed by atoms with E-state index in [0.717, 1.165) is 47.3 Å². The van der Waals surface area contributed by atoms with E-state index in [9.17, 15) is 4.79 Å². The number of hydrogen-bond donors (Lipinski definition) is 1. The van der Waals surface area contributed by atoms with E-state index >= 15 is 0 Å². The van der Waals surface area contributed by atoms with E-state index in [-0.39, 0.29) is 5.91 Å². The first-order chi connectivity index (χ1) is 13.6. The first kappa shape index (κ1) is 19.1. The lowest BCUT2D eigenvalue weighted by Crippen LogP contribution is -2.28. The molecule has 8 heteroatoms. The zero-order valence-electron chi connectivity index (χ0n) is 16.3. The van der Waals surface area contributed by atoms with Gasteiger partial charge in [-0.2, -0.15) is 0 Å². The summed E-state index contributed by atoms with van der Waals surface area (Å²) in [5.41, 5.74) is 0.958. The van der Waals surface area contributed by atoms with Crippen molar-refractivity contribution < 1.29 is 14.3 Å². The SMILES string of the molecule is CC(C)CNC(=O)CSc1nnc(-c2ccc3c(c2)OCCCO3)n1C1CC1. The van der Waals surface area contributed by atoms with Crippen molar-refractivity contribution in [2.24, 2.45) is 5.92 Å². The number of hydrogen-bond acceptors (Lipinski definition) is 6. The van der Waals surface area contributed by atoms with Crippen LogP contribution >= 0.6 is 11.8 Å². The third kappa shape index (κ3) is 4.43. The highest BCUT2D eigenvalue weighted by Crippen LogP contribution is 2.42. The number of carbonyl (C=O) groups is 1. The van der Waals surface area contributed by atoms with Crippen LogP contribution in [0.3, 0.4) is 0 Å². The van der Waals surface area contributed by atoms with Gasteiger partial charge in [0.1, 0.15) is 0 Å². The molecule has 1 aromatic carbocycles. The quantitative estimate of drug-likeness (QED) is 0.716. The Hall–Kier alpha value is -2.22. The highest BCUT2D eigenvalue weighted by molar-refractivity contribution is 7.99. The molecule has 0 bridgehead atoms. The van der Waals surface area contributed by atoms with Crippen molar-refractivity contribution in [3.05, 3.63) is 18.2 Å². The minimum Gasteiger partial charge on any atom is -0.490 e. The highest BCUT2D eigenvalue weighted by atomic mass is 32.2. The number of benzene rings is 1. The summed E-state index contributed by atoms with van der Waals surface area (Å²) in [4.78, 5) is 12.1. The van der Waals surface area contributed by atoms with Crippen LogP contribution in [0.15, 0.2) is 23.4 Å². The molecule has 0 radical (unpaired) electrons. The lowest BCUT2D eigenvalue weighted by Gasteiger charge is -2.12. The molecule has 1 aliphatic carbocycles. The fourth-order valence-corrected chi connectivity index (χ4v) is 3.87. The number of thioether (sulfide) groups is 1. The Kier molecular flexibility index (Phi) is 5.75. The summed E-state index contributed by atoms with van der Waals surface area (Å²) in [6.45, 7) is 6.18. The third-order valence-corrected chi connectivity index (χ3v) is 5.57. The number of fused-ring (bicyclic) bond motifs is 1. The number of rotatable bonds is 7. The Balaban J connectivity index is 1.53. The molecule has 2 aliphatic rings. The van der Waals surface area contributed by atoms with Crippen LogP contribution in [0.5, 0.6) is 11.5 Å². The number of nitrogens with one attached hydrogen (secondary N) is 1. The Morgan fingerprint density at radius 3 is 2.79 bits per heavy atom. The van der Waals surface area contributed by atoms with Gasteiger partial charge >= 0.3 is 0 Å². The second kappa shape index (κ2) is 8.43. The van der Waals surface area contributed by atoms with Gasteiger partial charge in [0.25, 0.3) is 0 Å². The number of carbonyl (C=O) groups excluding carboxylic acids is 1. The van der Waals surface area contributed by atoms with E-state index in [1.54, 1.807) is 0 Å². The summed E-state index contributed by atoms with van der Waals surface area (Å²) in [5.74, 6) is 3.16. The molecular formula is C20H26N4O3S. The molecule has 1 amide bonds. The van der Waals surface area contributed by atoms with Gasteiger partial charge in [0, 0.05) is 24.6 Å². The fourth-order valence-electron chi connectivity index (χ4n) is 3.04. The van der Waals surface area contributed by atoms with Crippen LogP contribution in [0.1, 0.15) is 39.2 Å². The topological polar surface area (TPSA) is 78.3 Å². The van der Waals surface area contributed by atoms with Crippen molar-refractivity contribution in [1.82, 2.24) is 20.1 Å². The van der Waals surface area contributed by atoms with Gasteiger partial charge in [0.05, 0.1) is 19.0 Å². The molecule has 0 unspecified atom stereocenters. The van der Waals surface area contributed by atoms with Crippen molar-refractivity contribution in [1.29, 1.82) is 0 Å². The zero-order chi connectivity index (χ0) is 19.5. The van der Waals surface area contributed by atoms with Gasteiger partial charge in [-0.3, -0.25) is 9.36 Å². The molecule has 1 N–H and O–H groups in total. The second-order valence-corrected chi connectivity index (χ2v) is 8.55. The Morgan fingerprint density at radius 2 is 2.04 bits per heavy atom. The molecule has 1 saturated carbocycles. The summed E-state index contributed by atoms with van der Waals surface area (Å²) in [5, 5.41) is 12.6. The predicted octanol–water partition coefficient (Wildman–Crippen LogP) is 3.31. The summed E-state index contributed by atoms with van der Waals surface area (Å²) in [6.07, 6.45) is 3.10. The van der Waals surface area contributed by atoms with Crippen LogP contribution in [-0.2, 0) is 4.79 Å². The van der Waals surface area contributed by atoms with E-state index in [4.69, 9.17) is 9.47 Å². The van der Waals surface area contributed by atoms with Crippen LogP contribution in [0, 0.1) is 5.92 Å². The smallest absolute Gasteiger partial charge is 0.230 e. The zero-order valence-corrected chi connectivity index (χ0v) is 17.1. The Bertz CT molecular complexity index is 848. The molecule has 0 saturated heterocycles. The number of aromatic nitrogens is 3. The van der Waals surface area contributed by atoms with Gasteiger partial charge in [-0.05, 0) is 37.0 Å². The summed E-state index contributed by atoms with van der Waals surface area (Å²) >= 11 is 1.44. The summed E-state index contributed by atoms with van der Waals surface area (Å²) in [6, 6.07) is 6.32. The number of nitrogens with zero attached hydrogens (tertiary/aromatic N) is 3. The lowest BCUT2D eigenvalue weighted by atomic mass is 10.2. The molecular weight excluding hydrogens is 376 g/mol. The first-order valence-electron chi connectivity index (χ1n) is 9.86. The van der Waals surface area contributed by atoms with Gasteiger partial charge in [0.2, 0.25) is 5.91 Å². The van der Waals surface area contributed by atoms with Crippen molar-refractivity contribution in [2.45, 2.75) is 44.3 Å². The predicted molar refractivity (Wildman–Crippen MR) is 108 cm³/mol. The molecule has 0 atom stereocenters. The van der Waals surface area contributed by atoms with Crippen LogP contribution in [0.25, 0.3) is 11.4 Å². The van der Waals surface area contributed by atoms with Crippen molar-refractivity contribution in [3.8, 4) is 22.9 Å². The minimum absolute atomic E-state index is 0.0289. The molecule has 150 valence electrons. The minimum atomic E-state index is 0.0289. The highest BCUT2D eigenvalue weighted by Gasteiger charge is 2.30. The maximum atomic E-state index is 12.1. The van der Waals surface area contributed by atoms with Gasteiger partial charge in [-0.1, -0.05) is 25.6 Å². The van der Waals surface area contributed by atoms with E-state index in [1.165, 1.54) is 11.8 Å². The lowest BCUT2D eigenvalue weighted by molar-refractivity contribution is -0.118. The van der Waals surface area contributed by atoms with Crippen LogP contribution in [0.4, 0.5) is 0 Å². The maximum Gasteiger partial charge on any atom is 0.230 e. The van der Waals surface area contributed by atoms with Crippen LogP contribution in [-0.4, -0.2) is 46.2 Å². The molecule has 2 aromatic rings. The Morgan fingerprint density at radius 1 is 1.25 bits per heavy atom. The van der Waals surface area contributed by atoms with Crippen LogP contribution in [0.2, 0.25) is 0 Å². The number of amides is 1. The Labute approximate surface area is 169 Å². The van der Waals surface area contributed by atoms with Crippen molar-refractivity contribution >= 4 is 17.7 Å². The van der Waals surface area contributed by atoms with E-state index in [1.807, 2.05) is 18.2 Å². The molecule has 1 fully saturated rings. The first-order valence-corrected chi connectivity index (χ1v) is 10.8. The molecule has 28 heavy (non-hydrogen) atoms. The van der Waals surface area contributed by atoms with Gasteiger partial charge in [-0.25, -0.2) is 0 Å². The normalized spacial score (nSPS) is 16.1. The number of ether oxygens (including phenoxy) is 2. The molecule has 2 heterocycles. The molecule has 1 aromatic heterocycles. The molecule has 1 aliphatic heterocycles. The average molecular weight is 403 g/mol. The average Bonchev–Trinajstić information content (AvgIpc) is 3.48. The van der Waals surface area contributed by atoms with Crippen LogP contribution < -0.4 is 14.8 Å². The van der Waals surface area contributed by atoms with E-state index < -0.39 is 0 Å². The summed E-state index contributed by atoms with van der Waals surface area (Å²) < 4.78 is 13.7. The summed E-state index contributed by atoms with van der Waals surface area (Å²) in [7, 11) is 0. The third-order valence-electron chi connectivity index (χ3n) is 4.62. The maximum absolute atomic E-state index is 12.1. The molecule has 0 spiro atoms. The van der Waals surface area contributed by atoms with Gasteiger partial charge in [-0.15, -0.1) is 10.2 Å². The van der Waals surface area contributed by atoms with E-state index in [2.05, 4.69) is 33.9 Å². The second-order valence-electron chi connectivity index (χ2n) is 7.61. The largest absolute Gasteiger partial charge is 0.490 e. The van der Waals surface area contributed by atoms with Gasteiger partial charge in [0.15, 0.2) is 22.5 Å². The van der Waals surface area contributed by atoms with E-state index in [0.29, 0.717) is 37.5 Å². The molecule has 4 rings (SSSR count). The molecule has 7 nitrogen and oxygen atoms in total.